The maximum atomic E-state index is 2.44. The highest BCUT2D eigenvalue weighted by Gasteiger charge is 2.36. The fourth-order valence-corrected chi connectivity index (χ4v) is 11.0. The molecule has 0 unspecified atom stereocenters. The first-order valence-corrected chi connectivity index (χ1v) is 23.3. The molecule has 0 saturated heterocycles. The maximum absolute atomic E-state index is 2.44. The number of rotatable bonds is 7. The SMILES string of the molecule is CC1(C)c2cc(C=C(c3ccccc3)c3ccc(-c4ccc5c(c4)c4ccccc4n5-c4ccccc4)cc3)ccc2-c2ccc(-c3ccc4c(c3)c3ccccc3n4-c3ccccc3)cc21. The Morgan fingerprint density at radius 2 is 0.761 bits per heavy atom. The number of para-hydroxylation sites is 4. The molecule has 0 atom stereocenters. The van der Waals surface area contributed by atoms with Crippen LogP contribution in [0, 0.1) is 0 Å². The number of benzene rings is 10. The van der Waals surface area contributed by atoms with Gasteiger partial charge in [0.25, 0.3) is 0 Å². The fourth-order valence-electron chi connectivity index (χ4n) is 11.0. The van der Waals surface area contributed by atoms with Gasteiger partial charge in [0.05, 0.1) is 22.1 Å². The molecule has 0 radical (unpaired) electrons. The van der Waals surface area contributed by atoms with Gasteiger partial charge in [-0.05, 0) is 140 Å². The van der Waals surface area contributed by atoms with Crippen LogP contribution in [0.4, 0.5) is 0 Å². The second kappa shape index (κ2) is 15.3. The molecule has 2 nitrogen and oxygen atoms in total. The summed E-state index contributed by atoms with van der Waals surface area (Å²) in [6.45, 7) is 4.78. The zero-order valence-corrected chi connectivity index (χ0v) is 37.5. The average Bonchev–Trinajstić information content (AvgIpc) is 3.98. The summed E-state index contributed by atoms with van der Waals surface area (Å²) in [4.78, 5) is 0. The van der Waals surface area contributed by atoms with Crippen LogP contribution in [-0.4, -0.2) is 9.13 Å². The van der Waals surface area contributed by atoms with E-state index in [4.69, 9.17) is 0 Å². The van der Waals surface area contributed by atoms with E-state index < -0.39 is 0 Å². The van der Waals surface area contributed by atoms with Gasteiger partial charge in [0, 0.05) is 38.3 Å². The summed E-state index contributed by atoms with van der Waals surface area (Å²) in [6.07, 6.45) is 2.38. The Kier molecular flexibility index (Phi) is 8.91. The van der Waals surface area contributed by atoms with Crippen molar-refractivity contribution in [3.05, 3.63) is 264 Å². The van der Waals surface area contributed by atoms with Crippen molar-refractivity contribution in [3.8, 4) is 44.8 Å². The highest BCUT2D eigenvalue weighted by molar-refractivity contribution is 6.11. The third kappa shape index (κ3) is 6.32. The third-order valence-electron chi connectivity index (χ3n) is 14.3. The lowest BCUT2D eigenvalue weighted by Gasteiger charge is -2.22. The molecule has 2 heteroatoms. The lowest BCUT2D eigenvalue weighted by Crippen LogP contribution is -2.15. The Hall–Kier alpha value is -8.46. The third-order valence-corrected chi connectivity index (χ3v) is 14.3. The quantitative estimate of drug-likeness (QED) is 0.141. The Morgan fingerprint density at radius 1 is 0.343 bits per heavy atom. The maximum Gasteiger partial charge on any atom is 0.0541 e. The predicted octanol–water partition coefficient (Wildman–Crippen LogP) is 17.1. The van der Waals surface area contributed by atoms with Gasteiger partial charge in [-0.25, -0.2) is 0 Å². The molecule has 0 N–H and O–H groups in total. The summed E-state index contributed by atoms with van der Waals surface area (Å²) >= 11 is 0. The molecule has 12 aromatic rings. The minimum Gasteiger partial charge on any atom is -0.309 e. The van der Waals surface area contributed by atoms with Gasteiger partial charge in [-0.3, -0.25) is 0 Å². The smallest absolute Gasteiger partial charge is 0.0541 e. The van der Waals surface area contributed by atoms with Gasteiger partial charge in [-0.15, -0.1) is 0 Å². The van der Waals surface area contributed by atoms with Crippen molar-refractivity contribution in [2.75, 3.05) is 0 Å². The van der Waals surface area contributed by atoms with E-state index in [1.807, 2.05) is 0 Å². The van der Waals surface area contributed by atoms with E-state index in [1.54, 1.807) is 0 Å². The topological polar surface area (TPSA) is 9.86 Å². The standard InChI is InChI=1S/C65H46N2/c1-65(2)59-39-43(26-34-52(59)53-35-31-49(42-60(53)65)48-33-37-64-58(41-48)55-23-13-15-25-62(55)67(64)51-20-10-5-11-21-51)38-56(45-16-6-3-7-17-45)46-29-27-44(28-30-46)47-32-36-63-57(40-47)54-22-12-14-24-61(54)66(63)50-18-8-4-9-19-50/h3-42H,1-2H3. The van der Waals surface area contributed by atoms with Crippen molar-refractivity contribution in [2.24, 2.45) is 0 Å². The van der Waals surface area contributed by atoms with Crippen LogP contribution in [0.5, 0.6) is 0 Å². The van der Waals surface area contributed by atoms with E-state index in [1.165, 1.54) is 122 Å². The van der Waals surface area contributed by atoms with Gasteiger partial charge < -0.3 is 9.13 Å². The van der Waals surface area contributed by atoms with Crippen molar-refractivity contribution in [3.63, 3.8) is 0 Å². The minimum absolute atomic E-state index is 0.180. The predicted molar refractivity (Wildman–Crippen MR) is 283 cm³/mol. The molecule has 0 aliphatic heterocycles. The molecule has 2 heterocycles. The summed E-state index contributed by atoms with van der Waals surface area (Å²) < 4.78 is 4.76. The van der Waals surface area contributed by atoms with Crippen molar-refractivity contribution in [1.82, 2.24) is 9.13 Å². The van der Waals surface area contributed by atoms with Crippen LogP contribution in [0.25, 0.3) is 100 Å². The molecular formula is C65H46N2. The summed E-state index contributed by atoms with van der Waals surface area (Å²) in [6, 6.07) is 86.9. The lowest BCUT2D eigenvalue weighted by molar-refractivity contribution is 0.660. The number of nitrogens with zero attached hydrogens (tertiary/aromatic N) is 2. The Bertz CT molecular complexity index is 3900. The van der Waals surface area contributed by atoms with Crippen LogP contribution in [0.3, 0.4) is 0 Å². The molecule has 0 spiro atoms. The highest BCUT2D eigenvalue weighted by Crippen LogP contribution is 2.50. The number of hydrogen-bond donors (Lipinski definition) is 0. The average molecular weight is 855 g/mol. The molecule has 1 aliphatic carbocycles. The zero-order chi connectivity index (χ0) is 44.6. The molecule has 0 amide bonds. The van der Waals surface area contributed by atoms with E-state index in [-0.39, 0.29) is 5.41 Å². The van der Waals surface area contributed by atoms with Crippen LogP contribution >= 0.6 is 0 Å². The van der Waals surface area contributed by atoms with Crippen LogP contribution < -0.4 is 0 Å². The molecule has 13 rings (SSSR count). The van der Waals surface area contributed by atoms with Crippen LogP contribution in [0.1, 0.15) is 41.7 Å². The highest BCUT2D eigenvalue weighted by atomic mass is 15.0. The number of hydrogen-bond acceptors (Lipinski definition) is 0. The molecule has 0 fully saturated rings. The lowest BCUT2D eigenvalue weighted by atomic mass is 9.81. The molecule has 1 aliphatic rings. The molecule has 10 aromatic carbocycles. The van der Waals surface area contributed by atoms with E-state index >= 15 is 0 Å². The number of fused-ring (bicyclic) bond motifs is 9. The molecule has 67 heavy (non-hydrogen) atoms. The van der Waals surface area contributed by atoms with Crippen LogP contribution in [-0.2, 0) is 5.41 Å². The molecule has 2 aromatic heterocycles. The Labute approximate surface area is 391 Å². The normalized spacial score (nSPS) is 13.1. The van der Waals surface area contributed by atoms with E-state index in [9.17, 15) is 0 Å². The van der Waals surface area contributed by atoms with Gasteiger partial charge in [0.15, 0.2) is 0 Å². The van der Waals surface area contributed by atoms with Gasteiger partial charge >= 0.3 is 0 Å². The first kappa shape index (κ1) is 39.0. The van der Waals surface area contributed by atoms with Crippen molar-refractivity contribution in [2.45, 2.75) is 19.3 Å². The van der Waals surface area contributed by atoms with Gasteiger partial charge in [0.1, 0.15) is 0 Å². The van der Waals surface area contributed by atoms with Crippen molar-refractivity contribution < 1.29 is 0 Å². The number of aromatic nitrogens is 2. The second-order valence-electron chi connectivity index (χ2n) is 18.5. The molecule has 0 saturated carbocycles. The van der Waals surface area contributed by atoms with E-state index in [0.29, 0.717) is 0 Å². The van der Waals surface area contributed by atoms with E-state index in [0.717, 1.165) is 0 Å². The van der Waals surface area contributed by atoms with Gasteiger partial charge in [-0.1, -0.05) is 184 Å². The summed E-state index contributed by atoms with van der Waals surface area (Å²) in [7, 11) is 0. The largest absolute Gasteiger partial charge is 0.309 e. The zero-order valence-electron chi connectivity index (χ0n) is 37.5. The van der Waals surface area contributed by atoms with Crippen LogP contribution in [0.2, 0.25) is 0 Å². The van der Waals surface area contributed by atoms with Crippen molar-refractivity contribution in [1.29, 1.82) is 0 Å². The van der Waals surface area contributed by atoms with Gasteiger partial charge in [-0.2, -0.15) is 0 Å². The van der Waals surface area contributed by atoms with Crippen LogP contribution in [0.15, 0.2) is 237 Å². The van der Waals surface area contributed by atoms with Gasteiger partial charge in [0.2, 0.25) is 0 Å². The summed E-state index contributed by atoms with van der Waals surface area (Å²) in [5, 5.41) is 5.06. The Balaban J connectivity index is 0.843. The monoisotopic (exact) mass is 854 g/mol. The summed E-state index contributed by atoms with van der Waals surface area (Å²) in [5.74, 6) is 0. The molecular weight excluding hydrogens is 809 g/mol. The Morgan fingerprint density at radius 3 is 1.34 bits per heavy atom. The van der Waals surface area contributed by atoms with E-state index in [2.05, 4.69) is 266 Å². The molecule has 0 bridgehead atoms. The fraction of sp³-hybridized carbons (Fsp3) is 0.0462. The first-order chi connectivity index (χ1) is 33.0. The molecule has 316 valence electrons. The first-order valence-electron chi connectivity index (χ1n) is 23.3. The second-order valence-corrected chi connectivity index (χ2v) is 18.5. The summed E-state index contributed by atoms with van der Waals surface area (Å²) in [5.41, 5.74) is 22.1. The van der Waals surface area contributed by atoms with Crippen molar-refractivity contribution >= 4 is 55.3 Å². The minimum atomic E-state index is -0.180.